The monoisotopic (exact) mass is 750 g/mol. The first-order valence-corrected chi connectivity index (χ1v) is 18.2. The third-order valence-electron chi connectivity index (χ3n) is 10.1. The van der Waals surface area contributed by atoms with Crippen molar-refractivity contribution in [2.24, 2.45) is 5.41 Å². The lowest BCUT2D eigenvalue weighted by Crippen LogP contribution is -2.43. The average Bonchev–Trinajstić information content (AvgIpc) is 3.82. The van der Waals surface area contributed by atoms with Crippen molar-refractivity contribution >= 4 is 35.8 Å². The molecule has 1 spiro atoms. The molecule has 2 fully saturated rings. The van der Waals surface area contributed by atoms with E-state index >= 15 is 0 Å². The fourth-order valence-corrected chi connectivity index (χ4v) is 7.28. The van der Waals surface area contributed by atoms with Crippen molar-refractivity contribution in [1.29, 1.82) is 0 Å². The minimum absolute atomic E-state index is 0.0557. The fourth-order valence-electron chi connectivity index (χ4n) is 7.28. The number of hydrogen-bond donors (Lipinski definition) is 3. The predicted molar refractivity (Wildman–Crippen MR) is 196 cm³/mol. The van der Waals surface area contributed by atoms with Crippen LogP contribution in [0.1, 0.15) is 63.2 Å². The van der Waals surface area contributed by atoms with Crippen LogP contribution in [0.5, 0.6) is 0 Å². The number of cyclic esters (lactones) is 1. The Kier molecular flexibility index (Phi) is 10.7. The first-order chi connectivity index (χ1) is 26.4. The van der Waals surface area contributed by atoms with Crippen molar-refractivity contribution in [3.05, 3.63) is 124 Å². The van der Waals surface area contributed by atoms with E-state index in [1.54, 1.807) is 68.5 Å². The van der Waals surface area contributed by atoms with E-state index in [9.17, 15) is 24.0 Å². The summed E-state index contributed by atoms with van der Waals surface area (Å²) in [6.45, 7) is 3.77. The highest BCUT2D eigenvalue weighted by Gasteiger charge is 2.55. The Balaban J connectivity index is 1.05. The van der Waals surface area contributed by atoms with Crippen LogP contribution >= 0.6 is 0 Å². The minimum atomic E-state index is -1.02. The first kappa shape index (κ1) is 37.7. The van der Waals surface area contributed by atoms with Crippen LogP contribution in [0.25, 0.3) is 6.08 Å². The molecule has 13 nitrogen and oxygen atoms in total. The molecule has 3 N–H and O–H groups in total. The maximum atomic E-state index is 13.7. The van der Waals surface area contributed by atoms with Gasteiger partial charge in [-0.1, -0.05) is 62.4 Å². The standard InChI is InChI=1S/C42H42N2O11/c1-41(2)24-51-40(50)36(41)53-34(46)14-13-25-7-5-12-28(17-25)39(49)52-32-19-31(38(48)44-23-26-8-6-11-27(18-26)37(47)43-15-16-45)20-33-35(32)55-42(54-33)21-29-9-3-4-10-30(29)22-42/h3-14,17-18,20,32-33,35-36,45H,15-16,19,21-24H2,1-2H3,(H,43,47)(H,44,48)/t32-,33-,35+,36+/m1/s1. The Morgan fingerprint density at radius 3 is 2.36 bits per heavy atom. The van der Waals surface area contributed by atoms with Crippen molar-refractivity contribution in [3.63, 3.8) is 0 Å². The van der Waals surface area contributed by atoms with Gasteiger partial charge in [0.25, 0.3) is 5.91 Å². The lowest BCUT2D eigenvalue weighted by Gasteiger charge is -2.30. The van der Waals surface area contributed by atoms with Crippen LogP contribution < -0.4 is 10.6 Å². The lowest BCUT2D eigenvalue weighted by molar-refractivity contribution is -0.172. The molecular formula is C42H42N2O11. The molecule has 286 valence electrons. The van der Waals surface area contributed by atoms with Crippen LogP contribution in [0, 0.1) is 5.41 Å². The molecule has 2 heterocycles. The van der Waals surface area contributed by atoms with E-state index in [1.807, 2.05) is 24.3 Å². The van der Waals surface area contributed by atoms with Gasteiger partial charge in [0.05, 0.1) is 12.2 Å². The molecule has 2 aliphatic heterocycles. The lowest BCUT2D eigenvalue weighted by atomic mass is 9.90. The van der Waals surface area contributed by atoms with E-state index < -0.39 is 53.5 Å². The maximum Gasteiger partial charge on any atom is 0.348 e. The van der Waals surface area contributed by atoms with E-state index in [-0.39, 0.29) is 50.1 Å². The van der Waals surface area contributed by atoms with Crippen molar-refractivity contribution < 1.29 is 52.8 Å². The van der Waals surface area contributed by atoms with Gasteiger partial charge in [0.1, 0.15) is 24.9 Å². The number of benzene rings is 3. The quantitative estimate of drug-likeness (QED) is 0.149. The minimum Gasteiger partial charge on any atom is -0.462 e. The van der Waals surface area contributed by atoms with Gasteiger partial charge in [-0.3, -0.25) is 9.59 Å². The average molecular weight is 751 g/mol. The van der Waals surface area contributed by atoms with E-state index in [4.69, 9.17) is 28.8 Å². The van der Waals surface area contributed by atoms with Crippen LogP contribution in [0.2, 0.25) is 0 Å². The second-order valence-electron chi connectivity index (χ2n) is 14.8. The Hall–Kier alpha value is -5.63. The van der Waals surface area contributed by atoms with Crippen molar-refractivity contribution in [2.75, 3.05) is 19.8 Å². The van der Waals surface area contributed by atoms with Crippen molar-refractivity contribution in [3.8, 4) is 0 Å². The van der Waals surface area contributed by atoms with Gasteiger partial charge in [-0.2, -0.15) is 0 Å². The molecule has 0 aromatic heterocycles. The van der Waals surface area contributed by atoms with Crippen LogP contribution in [-0.2, 0) is 57.5 Å². The zero-order chi connectivity index (χ0) is 38.7. The SMILES string of the molecule is CC1(C)COC(=O)[C@@H]1OC(=O)C=Cc1cccc(C(=O)O[C@@H]2CC(C(=O)NCc3cccc(C(=O)NCCO)c3)=C[C@H]3OC4(Cc5ccccc5C4)O[C@H]32)c1. The highest BCUT2D eigenvalue weighted by Crippen LogP contribution is 2.45. The molecule has 0 unspecified atom stereocenters. The maximum absolute atomic E-state index is 13.7. The fraction of sp³-hybridized carbons (Fsp3) is 0.357. The number of amides is 2. The zero-order valence-electron chi connectivity index (χ0n) is 30.4. The number of hydrogen-bond acceptors (Lipinski definition) is 11. The number of esters is 3. The second kappa shape index (κ2) is 15.6. The zero-order valence-corrected chi connectivity index (χ0v) is 30.4. The summed E-state index contributed by atoms with van der Waals surface area (Å²) in [5.74, 6) is -3.68. The predicted octanol–water partition coefficient (Wildman–Crippen LogP) is 3.37. The van der Waals surface area contributed by atoms with E-state index in [2.05, 4.69) is 10.6 Å². The van der Waals surface area contributed by atoms with E-state index in [0.29, 0.717) is 35.1 Å². The molecule has 55 heavy (non-hydrogen) atoms. The Morgan fingerprint density at radius 1 is 0.891 bits per heavy atom. The third kappa shape index (κ3) is 8.39. The number of rotatable bonds is 11. The second-order valence-corrected chi connectivity index (χ2v) is 14.8. The summed E-state index contributed by atoms with van der Waals surface area (Å²) < 4.78 is 29.7. The summed E-state index contributed by atoms with van der Waals surface area (Å²) in [5.41, 5.74) is 3.71. The third-order valence-corrected chi connectivity index (χ3v) is 10.1. The summed E-state index contributed by atoms with van der Waals surface area (Å²) in [4.78, 5) is 64.4. The summed E-state index contributed by atoms with van der Waals surface area (Å²) in [6.07, 6.45) is 2.18. The van der Waals surface area contributed by atoms with E-state index in [1.165, 1.54) is 12.2 Å². The van der Waals surface area contributed by atoms with Crippen LogP contribution in [0.3, 0.4) is 0 Å². The molecule has 2 aliphatic carbocycles. The molecule has 0 bridgehead atoms. The van der Waals surface area contributed by atoms with Gasteiger partial charge in [-0.15, -0.1) is 0 Å². The molecule has 3 aromatic rings. The van der Waals surface area contributed by atoms with Crippen molar-refractivity contribution in [2.45, 2.75) is 69.9 Å². The Morgan fingerprint density at radius 2 is 1.64 bits per heavy atom. The molecule has 7 rings (SSSR count). The molecule has 4 atom stereocenters. The number of aliphatic hydroxyl groups excluding tert-OH is 1. The largest absolute Gasteiger partial charge is 0.462 e. The van der Waals surface area contributed by atoms with Gasteiger partial charge in [-0.05, 0) is 58.7 Å². The molecule has 3 aromatic carbocycles. The summed E-state index contributed by atoms with van der Waals surface area (Å²) in [5, 5.41) is 14.6. The molecular weight excluding hydrogens is 708 g/mol. The number of nitrogens with one attached hydrogen (secondary N) is 2. The number of carbonyl (C=O) groups excluding carboxylic acids is 5. The van der Waals surface area contributed by atoms with Gasteiger partial charge in [0.15, 0.2) is 5.79 Å². The molecule has 0 saturated carbocycles. The highest BCUT2D eigenvalue weighted by atomic mass is 16.8. The number of ether oxygens (including phenoxy) is 5. The molecule has 0 radical (unpaired) electrons. The van der Waals surface area contributed by atoms with Crippen LogP contribution in [0.4, 0.5) is 0 Å². The van der Waals surface area contributed by atoms with Crippen LogP contribution in [-0.4, -0.2) is 84.8 Å². The van der Waals surface area contributed by atoms with Crippen LogP contribution in [0.15, 0.2) is 90.5 Å². The van der Waals surface area contributed by atoms with Gasteiger partial charge in [0, 0.05) is 55.0 Å². The summed E-state index contributed by atoms with van der Waals surface area (Å²) in [7, 11) is 0. The first-order valence-electron chi connectivity index (χ1n) is 18.2. The molecule has 2 amide bonds. The highest BCUT2D eigenvalue weighted by molar-refractivity contribution is 5.96. The number of fused-ring (bicyclic) bond motifs is 2. The number of aliphatic hydroxyl groups is 1. The Bertz CT molecular complexity index is 2050. The molecule has 4 aliphatic rings. The van der Waals surface area contributed by atoms with Gasteiger partial charge in [0.2, 0.25) is 12.0 Å². The van der Waals surface area contributed by atoms with E-state index in [0.717, 1.165) is 11.1 Å². The van der Waals surface area contributed by atoms with Crippen molar-refractivity contribution in [1.82, 2.24) is 10.6 Å². The summed E-state index contributed by atoms with van der Waals surface area (Å²) >= 11 is 0. The molecule has 2 saturated heterocycles. The molecule has 13 heteroatoms. The van der Waals surface area contributed by atoms with Gasteiger partial charge >= 0.3 is 17.9 Å². The Labute approximate surface area is 317 Å². The normalized spacial score (nSPS) is 23.0. The van der Waals surface area contributed by atoms with Gasteiger partial charge < -0.3 is 39.4 Å². The van der Waals surface area contributed by atoms with Gasteiger partial charge in [-0.25, -0.2) is 14.4 Å². The summed E-state index contributed by atoms with van der Waals surface area (Å²) in [6, 6.07) is 21.3. The topological polar surface area (TPSA) is 176 Å². The number of carbonyl (C=O) groups is 5. The smallest absolute Gasteiger partial charge is 0.348 e.